The van der Waals surface area contributed by atoms with E-state index in [0.717, 1.165) is 10.0 Å². The molecule has 24 heavy (non-hydrogen) atoms. The fourth-order valence-electron chi connectivity index (χ4n) is 1.96. The maximum absolute atomic E-state index is 12.9. The van der Waals surface area contributed by atoms with Gasteiger partial charge in [-0.1, -0.05) is 34.1 Å². The van der Waals surface area contributed by atoms with Gasteiger partial charge in [-0.25, -0.2) is 4.39 Å². The highest BCUT2D eigenvalue weighted by molar-refractivity contribution is 9.10. The Bertz CT molecular complexity index is 745. The van der Waals surface area contributed by atoms with Crippen LogP contribution in [0.5, 0.6) is 0 Å². The molecule has 2 amide bonds. The molecule has 2 aromatic carbocycles. The summed E-state index contributed by atoms with van der Waals surface area (Å²) >= 11 is 3.33. The zero-order valence-electron chi connectivity index (χ0n) is 13.4. The van der Waals surface area contributed by atoms with Gasteiger partial charge in [0.05, 0.1) is 0 Å². The first-order chi connectivity index (χ1) is 11.3. The van der Waals surface area contributed by atoms with Crippen molar-refractivity contribution < 1.29 is 14.0 Å². The molecule has 0 saturated heterocycles. The van der Waals surface area contributed by atoms with Crippen LogP contribution in [0.25, 0.3) is 0 Å². The van der Waals surface area contributed by atoms with Gasteiger partial charge < -0.3 is 10.6 Å². The largest absolute Gasteiger partial charge is 0.351 e. The Hall–Kier alpha value is -2.21. The molecule has 4 nitrogen and oxygen atoms in total. The van der Waals surface area contributed by atoms with Gasteiger partial charge in [-0.2, -0.15) is 0 Å². The third-order valence-electron chi connectivity index (χ3n) is 3.58. The van der Waals surface area contributed by atoms with E-state index < -0.39 is 17.2 Å². The van der Waals surface area contributed by atoms with Crippen LogP contribution in [0.15, 0.2) is 53.0 Å². The van der Waals surface area contributed by atoms with Gasteiger partial charge >= 0.3 is 0 Å². The summed E-state index contributed by atoms with van der Waals surface area (Å²) in [6, 6.07) is 13.0. The lowest BCUT2D eigenvalue weighted by Crippen LogP contribution is -2.44. The molecular weight excluding hydrogens is 375 g/mol. The van der Waals surface area contributed by atoms with E-state index in [0.29, 0.717) is 5.69 Å². The number of anilines is 1. The van der Waals surface area contributed by atoms with Crippen LogP contribution in [0.3, 0.4) is 0 Å². The fraction of sp³-hybridized carbons (Fsp3) is 0.222. The molecule has 0 unspecified atom stereocenters. The van der Waals surface area contributed by atoms with Gasteiger partial charge in [-0.3, -0.25) is 9.59 Å². The molecule has 6 heteroatoms. The molecule has 0 aliphatic rings. The minimum atomic E-state index is -1.25. The Morgan fingerprint density at radius 2 is 1.75 bits per heavy atom. The van der Waals surface area contributed by atoms with Crippen molar-refractivity contribution in [3.8, 4) is 0 Å². The van der Waals surface area contributed by atoms with Crippen LogP contribution in [0.1, 0.15) is 19.4 Å². The van der Waals surface area contributed by atoms with Gasteiger partial charge in [0.25, 0.3) is 0 Å². The second kappa shape index (κ2) is 7.57. The summed E-state index contributed by atoms with van der Waals surface area (Å²) in [6.45, 7) is 3.34. The van der Waals surface area contributed by atoms with Crippen LogP contribution in [0, 0.1) is 11.2 Å². The quantitative estimate of drug-likeness (QED) is 0.758. The van der Waals surface area contributed by atoms with Crippen molar-refractivity contribution in [2.45, 2.75) is 20.4 Å². The maximum atomic E-state index is 12.9. The summed E-state index contributed by atoms with van der Waals surface area (Å²) in [4.78, 5) is 24.8. The maximum Gasteiger partial charge on any atom is 0.239 e. The monoisotopic (exact) mass is 392 g/mol. The van der Waals surface area contributed by atoms with Crippen molar-refractivity contribution in [1.82, 2.24) is 5.32 Å². The number of nitrogens with one attached hydrogen (secondary N) is 2. The SMILES string of the molecule is CC(C)(C(=O)NCc1ccc(F)cc1)C(=O)Nc1cccc(Br)c1. The van der Waals surface area contributed by atoms with E-state index in [2.05, 4.69) is 26.6 Å². The molecule has 0 fully saturated rings. The van der Waals surface area contributed by atoms with Gasteiger partial charge in [-0.15, -0.1) is 0 Å². The molecule has 2 rings (SSSR count). The Morgan fingerprint density at radius 3 is 2.38 bits per heavy atom. The van der Waals surface area contributed by atoms with Gasteiger partial charge in [0.15, 0.2) is 0 Å². The van der Waals surface area contributed by atoms with E-state index in [1.54, 1.807) is 44.2 Å². The number of benzene rings is 2. The molecule has 0 bridgehead atoms. The average molecular weight is 393 g/mol. The zero-order valence-corrected chi connectivity index (χ0v) is 15.0. The second-order valence-corrected chi connectivity index (χ2v) is 6.81. The number of amides is 2. The fourth-order valence-corrected chi connectivity index (χ4v) is 2.36. The zero-order chi connectivity index (χ0) is 17.7. The summed E-state index contributed by atoms with van der Waals surface area (Å²) in [5, 5.41) is 5.44. The summed E-state index contributed by atoms with van der Waals surface area (Å²) in [7, 11) is 0. The van der Waals surface area contributed by atoms with Crippen LogP contribution in [0.4, 0.5) is 10.1 Å². The van der Waals surface area contributed by atoms with Crippen molar-refractivity contribution in [2.24, 2.45) is 5.41 Å². The predicted octanol–water partition coefficient (Wildman–Crippen LogP) is 3.87. The van der Waals surface area contributed by atoms with Crippen molar-refractivity contribution >= 4 is 33.4 Å². The van der Waals surface area contributed by atoms with Crippen LogP contribution in [-0.2, 0) is 16.1 Å². The molecule has 0 aliphatic carbocycles. The van der Waals surface area contributed by atoms with E-state index in [-0.39, 0.29) is 12.4 Å². The Labute approximate surface area is 148 Å². The van der Waals surface area contributed by atoms with Gasteiger partial charge in [0, 0.05) is 16.7 Å². The van der Waals surface area contributed by atoms with Gasteiger partial charge in [0.1, 0.15) is 11.2 Å². The number of rotatable bonds is 5. The highest BCUT2D eigenvalue weighted by Gasteiger charge is 2.35. The van der Waals surface area contributed by atoms with Gasteiger partial charge in [-0.05, 0) is 49.7 Å². The summed E-state index contributed by atoms with van der Waals surface area (Å²) in [5.41, 5.74) is 0.115. The van der Waals surface area contributed by atoms with E-state index >= 15 is 0 Å². The predicted molar refractivity (Wildman–Crippen MR) is 94.8 cm³/mol. The number of carbonyl (C=O) groups excluding carboxylic acids is 2. The first kappa shape index (κ1) is 18.1. The molecule has 0 heterocycles. The molecule has 0 aromatic heterocycles. The highest BCUT2D eigenvalue weighted by Crippen LogP contribution is 2.21. The lowest BCUT2D eigenvalue weighted by Gasteiger charge is -2.23. The number of carbonyl (C=O) groups is 2. The van der Waals surface area contributed by atoms with E-state index in [4.69, 9.17) is 0 Å². The summed E-state index contributed by atoms with van der Waals surface area (Å²) in [6.07, 6.45) is 0. The standard InChI is InChI=1S/C18H18BrFN2O2/c1-18(2,17(24)22-15-5-3-4-13(19)10-15)16(23)21-11-12-6-8-14(20)9-7-12/h3-10H,11H2,1-2H3,(H,21,23)(H,22,24). The van der Waals surface area contributed by atoms with Gasteiger partial charge in [0.2, 0.25) is 11.8 Å². The summed E-state index contributed by atoms with van der Waals surface area (Å²) in [5.74, 6) is -1.14. The van der Waals surface area contributed by atoms with E-state index in [9.17, 15) is 14.0 Å². The molecule has 2 aromatic rings. The minimum Gasteiger partial charge on any atom is -0.351 e. The lowest BCUT2D eigenvalue weighted by atomic mass is 9.91. The van der Waals surface area contributed by atoms with E-state index in [1.165, 1.54) is 12.1 Å². The van der Waals surface area contributed by atoms with Crippen molar-refractivity contribution in [3.63, 3.8) is 0 Å². The van der Waals surface area contributed by atoms with Crippen molar-refractivity contribution in [2.75, 3.05) is 5.32 Å². The van der Waals surface area contributed by atoms with Crippen LogP contribution in [0.2, 0.25) is 0 Å². The topological polar surface area (TPSA) is 58.2 Å². The first-order valence-electron chi connectivity index (χ1n) is 7.39. The lowest BCUT2D eigenvalue weighted by molar-refractivity contribution is -0.138. The number of hydrogen-bond acceptors (Lipinski definition) is 2. The third kappa shape index (κ3) is 4.64. The summed E-state index contributed by atoms with van der Waals surface area (Å²) < 4.78 is 13.7. The second-order valence-electron chi connectivity index (χ2n) is 5.90. The van der Waals surface area contributed by atoms with Crippen LogP contribution < -0.4 is 10.6 Å². The van der Waals surface area contributed by atoms with Crippen LogP contribution in [-0.4, -0.2) is 11.8 Å². The Balaban J connectivity index is 1.98. The first-order valence-corrected chi connectivity index (χ1v) is 8.18. The molecule has 0 saturated carbocycles. The Kier molecular flexibility index (Phi) is 5.72. The molecule has 0 aliphatic heterocycles. The normalized spacial score (nSPS) is 11.0. The minimum absolute atomic E-state index is 0.229. The third-order valence-corrected chi connectivity index (χ3v) is 4.08. The molecule has 0 atom stereocenters. The Morgan fingerprint density at radius 1 is 1.08 bits per heavy atom. The molecule has 2 N–H and O–H groups in total. The van der Waals surface area contributed by atoms with Crippen molar-refractivity contribution in [1.29, 1.82) is 0 Å². The van der Waals surface area contributed by atoms with Crippen LogP contribution >= 0.6 is 15.9 Å². The average Bonchev–Trinajstić information content (AvgIpc) is 2.54. The molecular formula is C18H18BrFN2O2. The highest BCUT2D eigenvalue weighted by atomic mass is 79.9. The number of hydrogen-bond donors (Lipinski definition) is 2. The van der Waals surface area contributed by atoms with E-state index in [1.807, 2.05) is 6.07 Å². The smallest absolute Gasteiger partial charge is 0.239 e. The molecule has 0 spiro atoms. The number of halogens is 2. The molecule has 126 valence electrons. The van der Waals surface area contributed by atoms with Crippen molar-refractivity contribution in [3.05, 3.63) is 64.4 Å². The molecule has 0 radical (unpaired) electrons.